The Hall–Kier alpha value is -5.11. The van der Waals surface area contributed by atoms with E-state index in [2.05, 4.69) is 30.2 Å². The van der Waals surface area contributed by atoms with E-state index >= 15 is 0 Å². The summed E-state index contributed by atoms with van der Waals surface area (Å²) in [5.74, 6) is -1.56. The van der Waals surface area contributed by atoms with Gasteiger partial charge in [-0.15, -0.1) is 5.10 Å². The van der Waals surface area contributed by atoms with Gasteiger partial charge in [-0.1, -0.05) is 56.3 Å². The number of carbonyl (C=O) groups excluding carboxylic acids is 1. The molecule has 0 aliphatic carbocycles. The average Bonchev–Trinajstić information content (AvgIpc) is 3.60. The number of rotatable bonds is 13. The SMILES string of the molecule is CC(C)(C)c1[nH]cnc1/C=c1\[nH]c(=O)/c(=C/c2ccccc2)nc1OCOC(=O)CCCc1cn(C[C@@H](O)CC(=O)O)nn1. The summed E-state index contributed by atoms with van der Waals surface area (Å²) in [6, 6.07) is 9.24. The minimum atomic E-state index is -1.11. The number of imidazole rings is 1. The maximum atomic E-state index is 12.9. The molecule has 0 spiro atoms. The summed E-state index contributed by atoms with van der Waals surface area (Å²) in [4.78, 5) is 50.8. The lowest BCUT2D eigenvalue weighted by molar-refractivity contribution is -0.150. The number of carbonyl (C=O) groups is 2. The summed E-state index contributed by atoms with van der Waals surface area (Å²) in [6.45, 7) is 5.65. The van der Waals surface area contributed by atoms with Gasteiger partial charge in [0.15, 0.2) is 0 Å². The molecule has 0 aliphatic rings. The fourth-order valence-corrected chi connectivity index (χ4v) is 4.29. The number of H-pyrrole nitrogens is 2. The Morgan fingerprint density at radius 2 is 1.93 bits per heavy atom. The van der Waals surface area contributed by atoms with E-state index in [1.807, 2.05) is 51.1 Å². The Balaban J connectivity index is 1.42. The van der Waals surface area contributed by atoms with Crippen molar-refractivity contribution in [3.05, 3.63) is 86.6 Å². The molecule has 0 aliphatic heterocycles. The number of hydrogen-bond acceptors (Lipinski definition) is 10. The van der Waals surface area contributed by atoms with Crippen LogP contribution < -0.4 is 21.0 Å². The van der Waals surface area contributed by atoms with Crippen molar-refractivity contribution in [2.24, 2.45) is 0 Å². The van der Waals surface area contributed by atoms with Crippen LogP contribution in [0.25, 0.3) is 12.2 Å². The number of aliphatic hydroxyl groups is 1. The Bertz CT molecular complexity index is 1750. The molecule has 0 saturated carbocycles. The molecular weight excluding hydrogens is 570 g/mol. The van der Waals surface area contributed by atoms with Crippen molar-refractivity contribution in [1.82, 2.24) is 34.9 Å². The highest BCUT2D eigenvalue weighted by molar-refractivity contribution is 5.69. The first-order valence-corrected chi connectivity index (χ1v) is 14.0. The summed E-state index contributed by atoms with van der Waals surface area (Å²) in [5.41, 5.74) is 2.15. The lowest BCUT2D eigenvalue weighted by atomic mass is 9.90. The van der Waals surface area contributed by atoms with Crippen LogP contribution in [0.15, 0.2) is 47.7 Å². The molecule has 3 heterocycles. The second-order valence-electron chi connectivity index (χ2n) is 11.1. The maximum absolute atomic E-state index is 12.9. The zero-order valence-corrected chi connectivity index (χ0v) is 24.7. The smallest absolute Gasteiger partial charge is 0.308 e. The van der Waals surface area contributed by atoms with E-state index in [0.29, 0.717) is 24.2 Å². The van der Waals surface area contributed by atoms with Crippen LogP contribution in [0.1, 0.15) is 62.7 Å². The van der Waals surface area contributed by atoms with Gasteiger partial charge in [0.05, 0.1) is 36.8 Å². The summed E-state index contributed by atoms with van der Waals surface area (Å²) in [5, 5.41) is 26.7. The molecule has 0 bridgehead atoms. The van der Waals surface area contributed by atoms with E-state index in [-0.39, 0.29) is 35.0 Å². The number of aliphatic carboxylic acids is 1. The lowest BCUT2D eigenvalue weighted by Crippen LogP contribution is -2.38. The Labute approximate surface area is 252 Å². The molecule has 0 saturated heterocycles. The monoisotopic (exact) mass is 605 g/mol. The highest BCUT2D eigenvalue weighted by Crippen LogP contribution is 2.23. The minimum Gasteiger partial charge on any atom is -0.481 e. The predicted octanol–water partition coefficient (Wildman–Crippen LogP) is 0.778. The number of esters is 1. The fourth-order valence-electron chi connectivity index (χ4n) is 4.29. The van der Waals surface area contributed by atoms with Crippen LogP contribution >= 0.6 is 0 Å². The van der Waals surface area contributed by atoms with Gasteiger partial charge >= 0.3 is 11.9 Å². The number of aliphatic hydroxyl groups excluding tert-OH is 1. The molecule has 4 N–H and O–H groups in total. The third kappa shape index (κ3) is 9.19. The normalized spacial score (nSPS) is 13.2. The molecule has 3 aromatic heterocycles. The van der Waals surface area contributed by atoms with Crippen molar-refractivity contribution >= 4 is 24.1 Å². The summed E-state index contributed by atoms with van der Waals surface area (Å²) in [7, 11) is 0. The van der Waals surface area contributed by atoms with Gasteiger partial charge in [0.1, 0.15) is 10.7 Å². The molecule has 4 aromatic rings. The van der Waals surface area contributed by atoms with E-state index in [9.17, 15) is 19.5 Å². The molecule has 232 valence electrons. The van der Waals surface area contributed by atoms with Gasteiger partial charge in [-0.3, -0.25) is 14.4 Å². The summed E-state index contributed by atoms with van der Waals surface area (Å²) < 4.78 is 12.4. The second kappa shape index (κ2) is 14.4. The third-order valence-corrected chi connectivity index (χ3v) is 6.36. The van der Waals surface area contributed by atoms with Gasteiger partial charge in [-0.2, -0.15) is 0 Å². The first kappa shape index (κ1) is 31.8. The van der Waals surface area contributed by atoms with E-state index in [0.717, 1.165) is 11.3 Å². The van der Waals surface area contributed by atoms with Gasteiger partial charge in [-0.25, -0.2) is 14.6 Å². The van der Waals surface area contributed by atoms with E-state index in [1.165, 1.54) is 4.68 Å². The molecule has 44 heavy (non-hydrogen) atoms. The number of carboxylic acid groups (broad SMARTS) is 1. The van der Waals surface area contributed by atoms with Crippen molar-refractivity contribution < 1.29 is 29.3 Å². The standard InChI is InChI=1S/C30H35N7O7/c1-30(2,3)27-22(31-17-32-27)14-24-29(34-23(28(42)33-24)12-19-8-5-4-6-9-19)44-18-43-26(41)11-7-10-20-15-37(36-35-20)16-21(38)13-25(39)40/h4-6,8-9,12,14-15,17,21,38H,7,10-11,13,16,18H2,1-3H3,(H,31,32)(H,33,42)(H,39,40)/b23-12-,24-14-/t21-/m0/s1. The van der Waals surface area contributed by atoms with Gasteiger partial charge in [0.25, 0.3) is 5.56 Å². The van der Waals surface area contributed by atoms with Crippen LogP contribution in [0.4, 0.5) is 0 Å². The number of nitrogens with one attached hydrogen (secondary N) is 2. The highest BCUT2D eigenvalue weighted by atomic mass is 16.7. The van der Waals surface area contributed by atoms with Crippen molar-refractivity contribution in [2.75, 3.05) is 6.79 Å². The van der Waals surface area contributed by atoms with E-state index in [1.54, 1.807) is 24.7 Å². The number of benzene rings is 1. The van der Waals surface area contributed by atoms with Gasteiger partial charge < -0.3 is 29.7 Å². The van der Waals surface area contributed by atoms with Crippen LogP contribution in [0.2, 0.25) is 0 Å². The first-order chi connectivity index (χ1) is 21.0. The zero-order chi connectivity index (χ0) is 31.7. The minimum absolute atomic E-state index is 0.000623. The predicted molar refractivity (Wildman–Crippen MR) is 158 cm³/mol. The third-order valence-electron chi connectivity index (χ3n) is 6.36. The summed E-state index contributed by atoms with van der Waals surface area (Å²) in [6.07, 6.45) is 5.87. The number of aromatic nitrogens is 7. The molecule has 1 atom stereocenters. The van der Waals surface area contributed by atoms with Crippen LogP contribution in [-0.4, -0.2) is 70.0 Å². The van der Waals surface area contributed by atoms with Crippen LogP contribution in [0.3, 0.4) is 0 Å². The largest absolute Gasteiger partial charge is 0.481 e. The second-order valence-corrected chi connectivity index (χ2v) is 11.1. The highest BCUT2D eigenvalue weighted by Gasteiger charge is 2.20. The molecule has 0 radical (unpaired) electrons. The Morgan fingerprint density at radius 3 is 2.66 bits per heavy atom. The number of hydrogen-bond donors (Lipinski definition) is 4. The fraction of sp³-hybridized carbons (Fsp3) is 0.367. The molecule has 0 unspecified atom stereocenters. The van der Waals surface area contributed by atoms with Gasteiger partial charge in [-0.05, 0) is 30.6 Å². The van der Waals surface area contributed by atoms with Crippen molar-refractivity contribution in [2.45, 2.75) is 64.5 Å². The van der Waals surface area contributed by atoms with Crippen LogP contribution in [-0.2, 0) is 32.7 Å². The number of nitrogens with zero attached hydrogens (tertiary/aromatic N) is 5. The number of aryl methyl sites for hydroxylation is 1. The van der Waals surface area contributed by atoms with Crippen molar-refractivity contribution in [3.8, 4) is 5.88 Å². The molecule has 0 amide bonds. The Morgan fingerprint density at radius 1 is 1.16 bits per heavy atom. The Kier molecular flexibility index (Phi) is 10.4. The lowest BCUT2D eigenvalue weighted by Gasteiger charge is -2.17. The van der Waals surface area contributed by atoms with Crippen LogP contribution in [0, 0.1) is 0 Å². The van der Waals surface area contributed by atoms with Gasteiger partial charge in [0.2, 0.25) is 12.7 Å². The molecule has 1 aromatic carbocycles. The molecular formula is C30H35N7O7. The first-order valence-electron chi connectivity index (χ1n) is 14.0. The summed E-state index contributed by atoms with van der Waals surface area (Å²) >= 11 is 0. The molecule has 14 heteroatoms. The van der Waals surface area contributed by atoms with Crippen molar-refractivity contribution in [3.63, 3.8) is 0 Å². The topological polar surface area (TPSA) is 198 Å². The van der Waals surface area contributed by atoms with E-state index < -0.39 is 36.8 Å². The quantitative estimate of drug-likeness (QED) is 0.124. The van der Waals surface area contributed by atoms with Crippen LogP contribution in [0.5, 0.6) is 5.88 Å². The number of aromatic amines is 2. The molecule has 4 rings (SSSR count). The average molecular weight is 606 g/mol. The van der Waals surface area contributed by atoms with Gasteiger partial charge in [0, 0.05) is 23.7 Å². The number of carboxylic acids is 1. The zero-order valence-electron chi connectivity index (χ0n) is 24.7. The maximum Gasteiger partial charge on any atom is 0.308 e. The van der Waals surface area contributed by atoms with E-state index in [4.69, 9.17) is 14.6 Å². The molecule has 0 fully saturated rings. The molecule has 14 nitrogen and oxygen atoms in total. The number of ether oxygens (including phenoxy) is 2. The van der Waals surface area contributed by atoms with Crippen molar-refractivity contribution in [1.29, 1.82) is 0 Å².